The number of hydrogen-bond acceptors (Lipinski definition) is 5. The molecule has 2 aliphatic rings. The normalized spacial score (nSPS) is 23.5. The number of rotatable bonds is 9. The van der Waals surface area contributed by atoms with Crippen LogP contribution in [0.5, 0.6) is 0 Å². The van der Waals surface area contributed by atoms with E-state index >= 15 is 0 Å². The Morgan fingerprint density at radius 2 is 2.29 bits per heavy atom. The molecule has 1 fully saturated rings. The van der Waals surface area contributed by atoms with Gasteiger partial charge in [0.2, 0.25) is 6.29 Å². The number of aliphatic hydroxyl groups is 1. The molecule has 1 aromatic heterocycles. The SMILES string of the molecule is O=C(NCC1CC1)C1=CC(c2ccsc2)CC(OCCCCO)O1. The number of thiophene rings is 1. The summed E-state index contributed by atoms with van der Waals surface area (Å²) in [5.74, 6) is 0.988. The summed E-state index contributed by atoms with van der Waals surface area (Å²) in [4.78, 5) is 12.4. The fourth-order valence-corrected chi connectivity index (χ4v) is 3.44. The summed E-state index contributed by atoms with van der Waals surface area (Å²) in [5.41, 5.74) is 1.19. The van der Waals surface area contributed by atoms with Gasteiger partial charge < -0.3 is 19.9 Å². The molecule has 1 aliphatic heterocycles. The smallest absolute Gasteiger partial charge is 0.286 e. The van der Waals surface area contributed by atoms with Gasteiger partial charge >= 0.3 is 0 Å². The Hall–Kier alpha value is -1.37. The first-order chi connectivity index (χ1) is 11.8. The van der Waals surface area contributed by atoms with Gasteiger partial charge in [-0.1, -0.05) is 0 Å². The monoisotopic (exact) mass is 351 g/mol. The van der Waals surface area contributed by atoms with E-state index in [1.54, 1.807) is 11.3 Å². The van der Waals surface area contributed by atoms with E-state index in [2.05, 4.69) is 16.8 Å². The molecule has 2 unspecified atom stereocenters. The van der Waals surface area contributed by atoms with Crippen LogP contribution in [0.4, 0.5) is 0 Å². The minimum Gasteiger partial charge on any atom is -0.459 e. The maximum absolute atomic E-state index is 12.4. The van der Waals surface area contributed by atoms with E-state index in [4.69, 9.17) is 14.6 Å². The molecule has 6 heteroatoms. The zero-order chi connectivity index (χ0) is 16.8. The summed E-state index contributed by atoms with van der Waals surface area (Å²) in [6.45, 7) is 1.42. The third-order valence-corrected chi connectivity index (χ3v) is 5.06. The molecule has 1 aliphatic carbocycles. The maximum atomic E-state index is 12.4. The largest absolute Gasteiger partial charge is 0.459 e. The first kappa shape index (κ1) is 17.5. The molecule has 5 nitrogen and oxygen atoms in total. The first-order valence-corrected chi connectivity index (χ1v) is 9.61. The fourth-order valence-electron chi connectivity index (χ4n) is 2.71. The molecule has 0 radical (unpaired) electrons. The zero-order valence-electron chi connectivity index (χ0n) is 13.8. The van der Waals surface area contributed by atoms with E-state index in [9.17, 15) is 4.79 Å². The van der Waals surface area contributed by atoms with Crippen LogP contribution in [0.2, 0.25) is 0 Å². The van der Waals surface area contributed by atoms with Crippen molar-refractivity contribution in [1.82, 2.24) is 5.32 Å². The number of unbranched alkanes of at least 4 members (excludes halogenated alkanes) is 1. The highest BCUT2D eigenvalue weighted by atomic mass is 32.1. The average molecular weight is 351 g/mol. The van der Waals surface area contributed by atoms with Crippen LogP contribution in [-0.4, -0.2) is 37.1 Å². The third kappa shape index (κ3) is 5.06. The highest BCUT2D eigenvalue weighted by molar-refractivity contribution is 7.08. The molecule has 2 heterocycles. The lowest BCUT2D eigenvalue weighted by molar-refractivity contribution is -0.146. The van der Waals surface area contributed by atoms with Crippen molar-refractivity contribution in [1.29, 1.82) is 0 Å². The summed E-state index contributed by atoms with van der Waals surface area (Å²) in [6.07, 6.45) is 6.10. The van der Waals surface area contributed by atoms with Crippen LogP contribution in [0.3, 0.4) is 0 Å². The molecule has 1 saturated carbocycles. The highest BCUT2D eigenvalue weighted by Gasteiger charge is 2.30. The van der Waals surface area contributed by atoms with Gasteiger partial charge in [-0.05, 0) is 60.1 Å². The average Bonchev–Trinajstić information content (AvgIpc) is 3.27. The van der Waals surface area contributed by atoms with Gasteiger partial charge in [0, 0.05) is 25.5 Å². The third-order valence-electron chi connectivity index (χ3n) is 4.36. The lowest BCUT2D eigenvalue weighted by Crippen LogP contribution is -2.33. The van der Waals surface area contributed by atoms with Crippen LogP contribution in [0.1, 0.15) is 43.6 Å². The summed E-state index contributed by atoms with van der Waals surface area (Å²) >= 11 is 1.65. The summed E-state index contributed by atoms with van der Waals surface area (Å²) in [5, 5.41) is 16.0. The summed E-state index contributed by atoms with van der Waals surface area (Å²) < 4.78 is 11.6. The molecular formula is C18H25NO4S. The van der Waals surface area contributed by atoms with E-state index in [0.717, 1.165) is 13.0 Å². The van der Waals surface area contributed by atoms with Crippen LogP contribution >= 0.6 is 11.3 Å². The van der Waals surface area contributed by atoms with E-state index in [0.29, 0.717) is 31.1 Å². The van der Waals surface area contributed by atoms with Gasteiger partial charge in [0.25, 0.3) is 5.91 Å². The van der Waals surface area contributed by atoms with Crippen LogP contribution < -0.4 is 5.32 Å². The van der Waals surface area contributed by atoms with E-state index in [1.165, 1.54) is 18.4 Å². The predicted molar refractivity (Wildman–Crippen MR) is 92.6 cm³/mol. The van der Waals surface area contributed by atoms with Crippen LogP contribution in [0.25, 0.3) is 0 Å². The van der Waals surface area contributed by atoms with Gasteiger partial charge in [-0.25, -0.2) is 0 Å². The van der Waals surface area contributed by atoms with Crippen LogP contribution in [0.15, 0.2) is 28.7 Å². The van der Waals surface area contributed by atoms with Crippen molar-refractivity contribution in [2.24, 2.45) is 5.92 Å². The number of ether oxygens (including phenoxy) is 2. The van der Waals surface area contributed by atoms with Crippen molar-refractivity contribution in [2.45, 2.75) is 44.3 Å². The second-order valence-corrected chi connectivity index (χ2v) is 7.21. The van der Waals surface area contributed by atoms with Gasteiger partial charge in [0.15, 0.2) is 5.76 Å². The Morgan fingerprint density at radius 1 is 1.42 bits per heavy atom. The second-order valence-electron chi connectivity index (χ2n) is 6.43. The summed E-state index contributed by atoms with van der Waals surface area (Å²) in [6, 6.07) is 2.08. The molecule has 0 saturated heterocycles. The Bertz CT molecular complexity index is 553. The van der Waals surface area contributed by atoms with Crippen molar-refractivity contribution in [3.05, 3.63) is 34.2 Å². The van der Waals surface area contributed by atoms with Crippen molar-refractivity contribution in [3.8, 4) is 0 Å². The molecule has 0 aromatic carbocycles. The van der Waals surface area contributed by atoms with Gasteiger partial charge in [-0.15, -0.1) is 0 Å². The molecule has 2 N–H and O–H groups in total. The van der Waals surface area contributed by atoms with Crippen LogP contribution in [-0.2, 0) is 14.3 Å². The number of aliphatic hydroxyl groups excluding tert-OH is 1. The molecular weight excluding hydrogens is 326 g/mol. The Balaban J connectivity index is 1.61. The molecule has 3 rings (SSSR count). The topological polar surface area (TPSA) is 67.8 Å². The highest BCUT2D eigenvalue weighted by Crippen LogP contribution is 2.33. The molecule has 0 bridgehead atoms. The second kappa shape index (κ2) is 8.65. The Morgan fingerprint density at radius 3 is 3.00 bits per heavy atom. The number of nitrogens with one attached hydrogen (secondary N) is 1. The Labute approximate surface area is 146 Å². The fraction of sp³-hybridized carbons (Fsp3) is 0.611. The minimum absolute atomic E-state index is 0.134. The van der Waals surface area contributed by atoms with E-state index < -0.39 is 6.29 Å². The predicted octanol–water partition coefficient (Wildman–Crippen LogP) is 2.78. The molecule has 132 valence electrons. The van der Waals surface area contributed by atoms with Crippen molar-refractivity contribution >= 4 is 17.2 Å². The lowest BCUT2D eigenvalue weighted by atomic mass is 9.95. The number of carbonyl (C=O) groups is 1. The van der Waals surface area contributed by atoms with Crippen molar-refractivity contribution in [3.63, 3.8) is 0 Å². The van der Waals surface area contributed by atoms with E-state index in [-0.39, 0.29) is 18.4 Å². The standard InChI is InChI=1S/C18H25NO4S/c20-6-1-2-7-22-17-10-15(14-5-8-24-12-14)9-16(23-17)18(21)19-11-13-3-4-13/h5,8-9,12-13,15,17,20H,1-4,6-7,10-11H2,(H,19,21). The number of hydrogen-bond donors (Lipinski definition) is 2. The van der Waals surface area contributed by atoms with Gasteiger partial charge in [-0.3, -0.25) is 4.79 Å². The molecule has 2 atom stereocenters. The zero-order valence-corrected chi connectivity index (χ0v) is 14.6. The molecule has 24 heavy (non-hydrogen) atoms. The number of carbonyl (C=O) groups excluding carboxylic acids is 1. The molecule has 0 spiro atoms. The van der Waals surface area contributed by atoms with Gasteiger partial charge in [0.1, 0.15) is 0 Å². The van der Waals surface area contributed by atoms with Gasteiger partial charge in [0.05, 0.1) is 6.61 Å². The van der Waals surface area contributed by atoms with E-state index in [1.807, 2.05) is 11.5 Å². The quantitative estimate of drug-likeness (QED) is 0.671. The minimum atomic E-state index is -0.416. The maximum Gasteiger partial charge on any atom is 0.286 e. The van der Waals surface area contributed by atoms with Gasteiger partial charge in [-0.2, -0.15) is 11.3 Å². The van der Waals surface area contributed by atoms with Crippen LogP contribution in [0, 0.1) is 5.92 Å². The molecule has 1 aromatic rings. The molecule has 1 amide bonds. The first-order valence-electron chi connectivity index (χ1n) is 8.67. The number of allylic oxidation sites excluding steroid dienone is 1. The summed E-state index contributed by atoms with van der Waals surface area (Å²) in [7, 11) is 0. The van der Waals surface area contributed by atoms with Crippen molar-refractivity contribution in [2.75, 3.05) is 19.8 Å². The number of amides is 1. The van der Waals surface area contributed by atoms with Crippen molar-refractivity contribution < 1.29 is 19.4 Å². The Kier molecular flexibility index (Phi) is 6.29. The lowest BCUT2D eigenvalue weighted by Gasteiger charge is -2.29.